The molecule has 3 rings (SSSR count). The van der Waals surface area contributed by atoms with Crippen molar-refractivity contribution in [3.63, 3.8) is 0 Å². The number of piperazine rings is 1. The molecule has 2 heterocycles. The van der Waals surface area contributed by atoms with Crippen LogP contribution in [0.25, 0.3) is 0 Å². The minimum atomic E-state index is -0.341. The van der Waals surface area contributed by atoms with Gasteiger partial charge in [-0.05, 0) is 5.56 Å². The SMILES string of the molecule is O=C1CSCC(C(=O)N2CCN(Cc3ccccc3)CC2)N1. The average Bonchev–Trinajstić information content (AvgIpc) is 2.56. The second-order valence-corrected chi connectivity index (χ2v) is 6.75. The van der Waals surface area contributed by atoms with Gasteiger partial charge in [-0.25, -0.2) is 0 Å². The van der Waals surface area contributed by atoms with Crippen molar-refractivity contribution in [1.29, 1.82) is 0 Å². The standard InChI is InChI=1S/C16H21N3O2S/c20-15-12-22-11-14(17-15)16(21)19-8-6-18(7-9-19)10-13-4-2-1-3-5-13/h1-5,14H,6-12H2,(H,17,20). The molecule has 118 valence electrons. The molecule has 5 nitrogen and oxygen atoms in total. The zero-order chi connectivity index (χ0) is 15.4. The molecule has 2 aliphatic heterocycles. The smallest absolute Gasteiger partial charge is 0.246 e. The molecule has 1 atom stereocenters. The maximum Gasteiger partial charge on any atom is 0.246 e. The average molecular weight is 319 g/mol. The third-order valence-corrected chi connectivity index (χ3v) is 5.12. The molecule has 0 spiro atoms. The lowest BCUT2D eigenvalue weighted by Crippen LogP contribution is -2.57. The Morgan fingerprint density at radius 1 is 1.18 bits per heavy atom. The summed E-state index contributed by atoms with van der Waals surface area (Å²) in [6.07, 6.45) is 0. The summed E-state index contributed by atoms with van der Waals surface area (Å²) < 4.78 is 0. The van der Waals surface area contributed by atoms with Gasteiger partial charge in [0.1, 0.15) is 6.04 Å². The van der Waals surface area contributed by atoms with Crippen LogP contribution in [0.4, 0.5) is 0 Å². The van der Waals surface area contributed by atoms with Gasteiger partial charge in [-0.3, -0.25) is 14.5 Å². The summed E-state index contributed by atoms with van der Waals surface area (Å²) in [6, 6.07) is 10.1. The molecule has 0 aliphatic carbocycles. The number of rotatable bonds is 3. The molecular weight excluding hydrogens is 298 g/mol. The van der Waals surface area contributed by atoms with Crippen LogP contribution < -0.4 is 5.32 Å². The predicted octanol–water partition coefficient (Wildman–Crippen LogP) is 0.562. The Bertz CT molecular complexity index is 529. The molecule has 2 saturated heterocycles. The molecule has 2 fully saturated rings. The summed E-state index contributed by atoms with van der Waals surface area (Å²) in [5.74, 6) is 1.20. The molecular formula is C16H21N3O2S. The van der Waals surface area contributed by atoms with Crippen LogP contribution in [0.15, 0.2) is 30.3 Å². The number of thioether (sulfide) groups is 1. The lowest BCUT2D eigenvalue weighted by molar-refractivity contribution is -0.137. The number of hydrogen-bond acceptors (Lipinski definition) is 4. The normalized spacial score (nSPS) is 23.2. The van der Waals surface area contributed by atoms with Crippen molar-refractivity contribution in [3.05, 3.63) is 35.9 Å². The molecule has 0 radical (unpaired) electrons. The second-order valence-electron chi connectivity index (χ2n) is 5.72. The van der Waals surface area contributed by atoms with E-state index in [1.54, 1.807) is 0 Å². The van der Waals surface area contributed by atoms with E-state index in [0.29, 0.717) is 11.5 Å². The monoisotopic (exact) mass is 319 g/mol. The zero-order valence-corrected chi connectivity index (χ0v) is 13.3. The third kappa shape index (κ3) is 3.81. The minimum absolute atomic E-state index is 0.0303. The van der Waals surface area contributed by atoms with Gasteiger partial charge in [-0.1, -0.05) is 30.3 Å². The van der Waals surface area contributed by atoms with Gasteiger partial charge in [-0.15, -0.1) is 11.8 Å². The van der Waals surface area contributed by atoms with E-state index in [9.17, 15) is 9.59 Å². The zero-order valence-electron chi connectivity index (χ0n) is 12.5. The first-order chi connectivity index (χ1) is 10.7. The van der Waals surface area contributed by atoms with Crippen molar-refractivity contribution in [2.45, 2.75) is 12.6 Å². The van der Waals surface area contributed by atoms with Crippen molar-refractivity contribution in [3.8, 4) is 0 Å². The fourth-order valence-electron chi connectivity index (χ4n) is 2.87. The Kier molecular flexibility index (Phi) is 5.00. The number of carbonyl (C=O) groups excluding carboxylic acids is 2. The van der Waals surface area contributed by atoms with Gasteiger partial charge >= 0.3 is 0 Å². The summed E-state index contributed by atoms with van der Waals surface area (Å²) >= 11 is 1.54. The fourth-order valence-corrected chi connectivity index (χ4v) is 3.72. The lowest BCUT2D eigenvalue weighted by Gasteiger charge is -2.37. The van der Waals surface area contributed by atoms with Crippen LogP contribution in [0.2, 0.25) is 0 Å². The Morgan fingerprint density at radius 2 is 1.91 bits per heavy atom. The van der Waals surface area contributed by atoms with E-state index in [1.165, 1.54) is 17.3 Å². The van der Waals surface area contributed by atoms with Gasteiger partial charge in [0.05, 0.1) is 5.75 Å². The quantitative estimate of drug-likeness (QED) is 0.885. The van der Waals surface area contributed by atoms with Crippen LogP contribution in [-0.4, -0.2) is 65.3 Å². The Morgan fingerprint density at radius 3 is 2.59 bits per heavy atom. The molecule has 1 aromatic carbocycles. The van der Waals surface area contributed by atoms with Crippen molar-refractivity contribution >= 4 is 23.6 Å². The number of carbonyl (C=O) groups is 2. The van der Waals surface area contributed by atoms with Crippen molar-refractivity contribution in [2.75, 3.05) is 37.7 Å². The number of amides is 2. The van der Waals surface area contributed by atoms with E-state index in [4.69, 9.17) is 0 Å². The van der Waals surface area contributed by atoms with Gasteiger partial charge in [0.25, 0.3) is 0 Å². The number of nitrogens with one attached hydrogen (secondary N) is 1. The Hall–Kier alpha value is -1.53. The van der Waals surface area contributed by atoms with E-state index in [-0.39, 0.29) is 17.9 Å². The largest absolute Gasteiger partial charge is 0.343 e. The highest BCUT2D eigenvalue weighted by atomic mass is 32.2. The summed E-state index contributed by atoms with van der Waals surface area (Å²) in [4.78, 5) is 28.1. The highest BCUT2D eigenvalue weighted by molar-refractivity contribution is 8.00. The maximum atomic E-state index is 12.4. The topological polar surface area (TPSA) is 52.7 Å². The van der Waals surface area contributed by atoms with Crippen LogP contribution in [0, 0.1) is 0 Å². The molecule has 2 aliphatic rings. The molecule has 0 saturated carbocycles. The maximum absolute atomic E-state index is 12.4. The van der Waals surface area contributed by atoms with E-state index < -0.39 is 0 Å². The lowest BCUT2D eigenvalue weighted by atomic mass is 10.2. The molecule has 22 heavy (non-hydrogen) atoms. The van der Waals surface area contributed by atoms with E-state index in [1.807, 2.05) is 11.0 Å². The van der Waals surface area contributed by atoms with E-state index in [2.05, 4.69) is 34.5 Å². The first-order valence-electron chi connectivity index (χ1n) is 7.64. The van der Waals surface area contributed by atoms with Gasteiger partial charge in [0, 0.05) is 38.5 Å². The summed E-state index contributed by atoms with van der Waals surface area (Å²) in [5.41, 5.74) is 1.30. The van der Waals surface area contributed by atoms with Crippen LogP contribution >= 0.6 is 11.8 Å². The highest BCUT2D eigenvalue weighted by Gasteiger charge is 2.30. The summed E-state index contributed by atoms with van der Waals surface area (Å²) in [5, 5.41) is 2.80. The van der Waals surface area contributed by atoms with Gasteiger partial charge in [0.15, 0.2) is 0 Å². The minimum Gasteiger partial charge on any atom is -0.343 e. The summed E-state index contributed by atoms with van der Waals surface area (Å²) in [7, 11) is 0. The van der Waals surface area contributed by atoms with Gasteiger partial charge < -0.3 is 10.2 Å². The first-order valence-corrected chi connectivity index (χ1v) is 8.80. The molecule has 1 unspecified atom stereocenters. The fraction of sp³-hybridized carbons (Fsp3) is 0.500. The molecule has 2 amide bonds. The molecule has 1 N–H and O–H groups in total. The molecule has 1 aromatic rings. The first kappa shape index (κ1) is 15.4. The third-order valence-electron chi connectivity index (χ3n) is 4.08. The Balaban J connectivity index is 1.49. The molecule has 0 bridgehead atoms. The van der Waals surface area contributed by atoms with Gasteiger partial charge in [-0.2, -0.15) is 0 Å². The van der Waals surface area contributed by atoms with E-state index >= 15 is 0 Å². The number of hydrogen-bond donors (Lipinski definition) is 1. The van der Waals surface area contributed by atoms with Crippen molar-refractivity contribution < 1.29 is 9.59 Å². The number of benzene rings is 1. The van der Waals surface area contributed by atoms with Crippen LogP contribution in [0.3, 0.4) is 0 Å². The number of nitrogens with zero attached hydrogens (tertiary/aromatic N) is 2. The summed E-state index contributed by atoms with van der Waals surface area (Å²) in [6.45, 7) is 4.17. The predicted molar refractivity (Wildman–Crippen MR) is 87.6 cm³/mol. The van der Waals surface area contributed by atoms with E-state index in [0.717, 1.165) is 32.7 Å². The molecule has 0 aromatic heterocycles. The van der Waals surface area contributed by atoms with Crippen molar-refractivity contribution in [1.82, 2.24) is 15.1 Å². The van der Waals surface area contributed by atoms with Crippen LogP contribution in [-0.2, 0) is 16.1 Å². The highest BCUT2D eigenvalue weighted by Crippen LogP contribution is 2.13. The van der Waals surface area contributed by atoms with Crippen LogP contribution in [0.1, 0.15) is 5.56 Å². The Labute approximate surface area is 135 Å². The van der Waals surface area contributed by atoms with Crippen LogP contribution in [0.5, 0.6) is 0 Å². The molecule has 6 heteroatoms. The van der Waals surface area contributed by atoms with Crippen molar-refractivity contribution in [2.24, 2.45) is 0 Å². The van der Waals surface area contributed by atoms with Gasteiger partial charge in [0.2, 0.25) is 11.8 Å². The second kappa shape index (κ2) is 7.15.